The van der Waals surface area contributed by atoms with Crippen LogP contribution < -0.4 is 16.4 Å². The minimum Gasteiger partial charge on any atom is -0.445 e. The normalized spacial score (nSPS) is 11.4. The summed E-state index contributed by atoms with van der Waals surface area (Å²) < 4.78 is 10.9. The summed E-state index contributed by atoms with van der Waals surface area (Å²) in [6, 6.07) is 31.4. The van der Waals surface area contributed by atoms with Gasteiger partial charge in [-0.15, -0.1) is 0 Å². The first-order valence-electron chi connectivity index (χ1n) is 15.4. The molecule has 0 aliphatic rings. The average molecular weight is 611 g/mol. The standard InChI is InChI=1S/C36H42N4O5/c37-21-11-23-40(36(43)45-26-29-14-5-2-6-15-29)34(39-27-41)24-31-20-19-30(32-17-7-8-18-33(31)32)16-9-10-22-38-35(42)44-25-28-12-3-1-4-13-28/h1-8,12-15,17-20,27,34H,9-11,16,21-26,37H2,(H,38,42)(H,39,41)/t34-/m0/s1. The van der Waals surface area contributed by atoms with Gasteiger partial charge in [0.1, 0.15) is 19.4 Å². The maximum absolute atomic E-state index is 13.2. The predicted molar refractivity (Wildman–Crippen MR) is 175 cm³/mol. The second kappa shape index (κ2) is 18.0. The SMILES string of the molecule is NCCCN(C(=O)OCc1ccccc1)[C@@H](Cc1ccc(CCCCNC(=O)OCc2ccccc2)c2ccccc12)NC=O. The Labute approximate surface area is 264 Å². The number of hydrogen-bond acceptors (Lipinski definition) is 6. The van der Waals surface area contributed by atoms with E-state index >= 15 is 0 Å². The molecule has 3 amide bonds. The van der Waals surface area contributed by atoms with E-state index in [1.165, 1.54) is 5.56 Å². The Morgan fingerprint density at radius 2 is 1.36 bits per heavy atom. The number of nitrogens with two attached hydrogens (primary N) is 1. The largest absolute Gasteiger partial charge is 0.445 e. The third-order valence-corrected chi connectivity index (χ3v) is 7.55. The molecule has 0 aliphatic heterocycles. The molecule has 9 nitrogen and oxygen atoms in total. The highest BCUT2D eigenvalue weighted by Gasteiger charge is 2.25. The molecule has 4 aromatic rings. The van der Waals surface area contributed by atoms with Crippen molar-refractivity contribution in [2.24, 2.45) is 5.73 Å². The monoisotopic (exact) mass is 610 g/mol. The summed E-state index contributed by atoms with van der Waals surface area (Å²) in [6.07, 6.45) is 2.58. The van der Waals surface area contributed by atoms with Crippen LogP contribution >= 0.6 is 0 Å². The first-order chi connectivity index (χ1) is 22.1. The van der Waals surface area contributed by atoms with Gasteiger partial charge < -0.3 is 25.8 Å². The Morgan fingerprint density at radius 1 is 0.756 bits per heavy atom. The van der Waals surface area contributed by atoms with Gasteiger partial charge >= 0.3 is 12.2 Å². The van der Waals surface area contributed by atoms with E-state index in [-0.39, 0.29) is 13.2 Å². The smallest absolute Gasteiger partial charge is 0.411 e. The van der Waals surface area contributed by atoms with Crippen molar-refractivity contribution >= 4 is 29.4 Å². The van der Waals surface area contributed by atoms with Crippen LogP contribution in [-0.4, -0.2) is 49.3 Å². The zero-order chi connectivity index (χ0) is 31.7. The van der Waals surface area contributed by atoms with Crippen LogP contribution in [0.4, 0.5) is 9.59 Å². The fourth-order valence-corrected chi connectivity index (χ4v) is 5.21. The van der Waals surface area contributed by atoms with Crippen LogP contribution in [0.5, 0.6) is 0 Å². The Morgan fingerprint density at radius 3 is 2.00 bits per heavy atom. The van der Waals surface area contributed by atoms with E-state index in [4.69, 9.17) is 15.2 Å². The molecule has 0 saturated heterocycles. The zero-order valence-corrected chi connectivity index (χ0v) is 25.5. The van der Waals surface area contributed by atoms with E-state index in [0.717, 1.165) is 46.7 Å². The molecule has 4 N–H and O–H groups in total. The molecule has 1 atom stereocenters. The van der Waals surface area contributed by atoms with Gasteiger partial charge in [-0.25, -0.2) is 9.59 Å². The lowest BCUT2D eigenvalue weighted by Crippen LogP contribution is -2.50. The number of alkyl carbamates (subject to hydrolysis) is 1. The van der Waals surface area contributed by atoms with Gasteiger partial charge in [-0.1, -0.05) is 97.1 Å². The van der Waals surface area contributed by atoms with Crippen LogP contribution in [0.1, 0.15) is 41.5 Å². The van der Waals surface area contributed by atoms with E-state index in [2.05, 4.69) is 34.9 Å². The van der Waals surface area contributed by atoms with Crippen molar-refractivity contribution in [1.82, 2.24) is 15.5 Å². The van der Waals surface area contributed by atoms with Crippen molar-refractivity contribution in [3.8, 4) is 0 Å². The number of fused-ring (bicyclic) bond motifs is 1. The summed E-state index contributed by atoms with van der Waals surface area (Å²) in [5.41, 5.74) is 9.80. The molecule has 0 aliphatic carbocycles. The van der Waals surface area contributed by atoms with Gasteiger partial charge in [0.05, 0.1) is 0 Å². The molecular formula is C36H42N4O5. The predicted octanol–water partition coefficient (Wildman–Crippen LogP) is 5.69. The molecule has 0 saturated carbocycles. The third kappa shape index (κ3) is 10.4. The number of amides is 3. The summed E-state index contributed by atoms with van der Waals surface area (Å²) >= 11 is 0. The Kier molecular flexibility index (Phi) is 13.2. The maximum Gasteiger partial charge on any atom is 0.411 e. The van der Waals surface area contributed by atoms with Crippen molar-refractivity contribution in [2.75, 3.05) is 19.6 Å². The Bertz CT molecular complexity index is 1500. The van der Waals surface area contributed by atoms with Crippen molar-refractivity contribution in [3.05, 3.63) is 119 Å². The second-order valence-electron chi connectivity index (χ2n) is 10.8. The van der Waals surface area contributed by atoms with Gasteiger partial charge in [-0.2, -0.15) is 0 Å². The lowest BCUT2D eigenvalue weighted by molar-refractivity contribution is -0.111. The van der Waals surface area contributed by atoms with Crippen molar-refractivity contribution in [3.63, 3.8) is 0 Å². The van der Waals surface area contributed by atoms with Crippen molar-refractivity contribution < 1.29 is 23.9 Å². The maximum atomic E-state index is 13.2. The molecule has 0 bridgehead atoms. The van der Waals surface area contributed by atoms with E-state index in [0.29, 0.717) is 38.9 Å². The highest BCUT2D eigenvalue weighted by molar-refractivity contribution is 5.89. The summed E-state index contributed by atoms with van der Waals surface area (Å²) in [5.74, 6) is 0. The lowest BCUT2D eigenvalue weighted by Gasteiger charge is -2.31. The van der Waals surface area contributed by atoms with Crippen LogP contribution in [0.2, 0.25) is 0 Å². The number of nitrogens with one attached hydrogen (secondary N) is 2. The van der Waals surface area contributed by atoms with Gasteiger partial charge in [0.2, 0.25) is 6.41 Å². The molecule has 0 radical (unpaired) electrons. The number of ether oxygens (including phenoxy) is 2. The molecule has 4 aromatic carbocycles. The van der Waals surface area contributed by atoms with Gasteiger partial charge in [-0.05, 0) is 65.3 Å². The number of nitrogens with zero attached hydrogens (tertiary/aromatic N) is 1. The highest BCUT2D eigenvalue weighted by atomic mass is 16.6. The van der Waals surface area contributed by atoms with Crippen LogP contribution in [0.3, 0.4) is 0 Å². The molecule has 4 rings (SSSR count). The number of hydrogen-bond donors (Lipinski definition) is 3. The molecule has 9 heteroatoms. The number of unbranched alkanes of at least 4 members (excludes halogenated alkanes) is 1. The van der Waals surface area contributed by atoms with E-state index in [9.17, 15) is 14.4 Å². The number of carbonyl (C=O) groups is 3. The van der Waals surface area contributed by atoms with Gasteiger partial charge in [0.25, 0.3) is 0 Å². The molecule has 236 valence electrons. The molecule has 0 spiro atoms. The minimum atomic E-state index is -0.612. The van der Waals surface area contributed by atoms with Crippen LogP contribution in [0.25, 0.3) is 10.8 Å². The molecule has 0 fully saturated rings. The second-order valence-corrected chi connectivity index (χ2v) is 10.8. The lowest BCUT2D eigenvalue weighted by atomic mass is 9.94. The minimum absolute atomic E-state index is 0.134. The van der Waals surface area contributed by atoms with Crippen LogP contribution in [-0.2, 0) is 40.3 Å². The number of carbonyl (C=O) groups excluding carboxylic acids is 3. The van der Waals surface area contributed by atoms with Gasteiger partial charge in [0, 0.05) is 19.5 Å². The highest BCUT2D eigenvalue weighted by Crippen LogP contribution is 2.26. The summed E-state index contributed by atoms with van der Waals surface area (Å²) in [5, 5.41) is 7.84. The van der Waals surface area contributed by atoms with E-state index in [1.807, 2.05) is 72.8 Å². The summed E-state index contributed by atoms with van der Waals surface area (Å²) in [4.78, 5) is 38.5. The van der Waals surface area contributed by atoms with E-state index in [1.54, 1.807) is 4.90 Å². The quantitative estimate of drug-likeness (QED) is 0.0802. The van der Waals surface area contributed by atoms with E-state index < -0.39 is 18.4 Å². The van der Waals surface area contributed by atoms with Crippen molar-refractivity contribution in [2.45, 2.75) is 51.5 Å². The fraction of sp³-hybridized carbons (Fsp3) is 0.306. The molecule has 0 aromatic heterocycles. The Balaban J connectivity index is 1.36. The topological polar surface area (TPSA) is 123 Å². The summed E-state index contributed by atoms with van der Waals surface area (Å²) in [7, 11) is 0. The molecule has 0 unspecified atom stereocenters. The summed E-state index contributed by atoms with van der Waals surface area (Å²) in [6.45, 7) is 1.65. The van der Waals surface area contributed by atoms with Crippen LogP contribution in [0.15, 0.2) is 97.1 Å². The number of benzene rings is 4. The number of rotatable bonds is 17. The third-order valence-electron chi connectivity index (χ3n) is 7.55. The van der Waals surface area contributed by atoms with Crippen molar-refractivity contribution in [1.29, 1.82) is 0 Å². The van der Waals surface area contributed by atoms with Gasteiger partial charge in [-0.3, -0.25) is 9.69 Å². The molecular weight excluding hydrogens is 568 g/mol. The first-order valence-corrected chi connectivity index (χ1v) is 15.4. The van der Waals surface area contributed by atoms with Crippen LogP contribution in [0, 0.1) is 0 Å². The molecule has 0 heterocycles. The average Bonchev–Trinajstić information content (AvgIpc) is 3.08. The fourth-order valence-electron chi connectivity index (χ4n) is 5.21. The Hall–Kier alpha value is -4.89. The molecule has 45 heavy (non-hydrogen) atoms. The zero-order valence-electron chi connectivity index (χ0n) is 25.5. The number of aryl methyl sites for hydroxylation is 1. The first kappa shape index (κ1) is 33.0. The van der Waals surface area contributed by atoms with Gasteiger partial charge in [0.15, 0.2) is 0 Å².